The van der Waals surface area contributed by atoms with Crippen molar-refractivity contribution in [3.63, 3.8) is 0 Å². The Morgan fingerprint density at radius 3 is 2.47 bits per heavy atom. The number of nitrogens with zero attached hydrogens (tertiary/aromatic N) is 1. The van der Waals surface area contributed by atoms with Crippen LogP contribution in [0.15, 0.2) is 0 Å². The summed E-state index contributed by atoms with van der Waals surface area (Å²) in [5.41, 5.74) is 5.18. The van der Waals surface area contributed by atoms with E-state index in [1.54, 1.807) is 0 Å². The van der Waals surface area contributed by atoms with Crippen molar-refractivity contribution < 1.29 is 19.5 Å². The first-order valence-electron chi connectivity index (χ1n) is 6.38. The number of hydrogen-bond acceptors (Lipinski definition) is 3. The molecule has 1 unspecified atom stereocenters. The van der Waals surface area contributed by atoms with Crippen molar-refractivity contribution in [2.45, 2.75) is 32.7 Å². The fourth-order valence-corrected chi connectivity index (χ4v) is 2.11. The molecule has 0 bridgehead atoms. The number of carboxylic acid groups (broad SMARTS) is 1. The standard InChI is InChI=1S/C12H21N3O4/c1-7(2)5-9(11(17)18)14-12(19)15-4-3-8(6-15)10(13)16/h7-9H,3-6H2,1-2H3,(H2,13,16)(H,14,19)(H,17,18)/t8?,9-/m0/s1. The van der Waals surface area contributed by atoms with Crippen molar-refractivity contribution in [2.75, 3.05) is 13.1 Å². The maximum Gasteiger partial charge on any atom is 0.326 e. The zero-order valence-corrected chi connectivity index (χ0v) is 11.3. The molecule has 0 aromatic heterocycles. The van der Waals surface area contributed by atoms with Gasteiger partial charge in [-0.2, -0.15) is 0 Å². The number of amides is 3. The first-order chi connectivity index (χ1) is 8.81. The van der Waals surface area contributed by atoms with E-state index in [0.717, 1.165) is 0 Å². The normalized spacial score (nSPS) is 20.4. The van der Waals surface area contributed by atoms with Crippen LogP contribution in [0.5, 0.6) is 0 Å². The summed E-state index contributed by atoms with van der Waals surface area (Å²) in [6.07, 6.45) is 0.902. The molecule has 1 fully saturated rings. The number of nitrogens with one attached hydrogen (secondary N) is 1. The minimum atomic E-state index is -1.05. The second-order valence-electron chi connectivity index (χ2n) is 5.30. The third-order valence-corrected chi connectivity index (χ3v) is 3.18. The Kier molecular flexibility index (Phi) is 5.14. The molecule has 2 atom stereocenters. The molecular weight excluding hydrogens is 250 g/mol. The minimum Gasteiger partial charge on any atom is -0.480 e. The van der Waals surface area contributed by atoms with Gasteiger partial charge in [0.2, 0.25) is 5.91 Å². The van der Waals surface area contributed by atoms with Gasteiger partial charge in [0.05, 0.1) is 5.92 Å². The Balaban J connectivity index is 2.54. The molecule has 7 nitrogen and oxygen atoms in total. The molecule has 3 amide bonds. The Morgan fingerprint density at radius 2 is 2.05 bits per heavy atom. The number of rotatable bonds is 5. The molecule has 4 N–H and O–H groups in total. The SMILES string of the molecule is CC(C)C[C@H](NC(=O)N1CCC(C(N)=O)C1)C(=O)O. The van der Waals surface area contributed by atoms with Crippen molar-refractivity contribution in [1.29, 1.82) is 0 Å². The number of hydrogen-bond donors (Lipinski definition) is 3. The topological polar surface area (TPSA) is 113 Å². The summed E-state index contributed by atoms with van der Waals surface area (Å²) in [5.74, 6) is -1.64. The van der Waals surface area contributed by atoms with E-state index < -0.39 is 23.9 Å². The average molecular weight is 271 g/mol. The Morgan fingerprint density at radius 1 is 1.42 bits per heavy atom. The van der Waals surface area contributed by atoms with Gasteiger partial charge in [0.1, 0.15) is 6.04 Å². The average Bonchev–Trinajstić information content (AvgIpc) is 2.76. The van der Waals surface area contributed by atoms with Crippen molar-refractivity contribution in [3.05, 3.63) is 0 Å². The van der Waals surface area contributed by atoms with E-state index >= 15 is 0 Å². The van der Waals surface area contributed by atoms with Gasteiger partial charge in [0.25, 0.3) is 0 Å². The molecule has 7 heteroatoms. The van der Waals surface area contributed by atoms with Gasteiger partial charge in [-0.05, 0) is 18.8 Å². The van der Waals surface area contributed by atoms with Gasteiger partial charge in [-0.25, -0.2) is 9.59 Å². The molecular formula is C12H21N3O4. The van der Waals surface area contributed by atoms with Crippen molar-refractivity contribution in [2.24, 2.45) is 17.6 Å². The second-order valence-corrected chi connectivity index (χ2v) is 5.30. The van der Waals surface area contributed by atoms with E-state index in [4.69, 9.17) is 10.8 Å². The number of likely N-dealkylation sites (tertiary alicyclic amines) is 1. The first-order valence-corrected chi connectivity index (χ1v) is 6.38. The van der Waals surface area contributed by atoms with E-state index in [9.17, 15) is 14.4 Å². The number of urea groups is 1. The third kappa shape index (κ3) is 4.42. The number of aliphatic carboxylic acids is 1. The second kappa shape index (κ2) is 6.40. The van der Waals surface area contributed by atoms with Gasteiger partial charge in [-0.15, -0.1) is 0 Å². The fourth-order valence-electron chi connectivity index (χ4n) is 2.11. The molecule has 1 aliphatic heterocycles. The molecule has 1 aliphatic rings. The van der Waals surface area contributed by atoms with Crippen LogP contribution in [-0.4, -0.2) is 47.0 Å². The summed E-state index contributed by atoms with van der Waals surface area (Å²) in [6, 6.07) is -1.35. The lowest BCUT2D eigenvalue weighted by Gasteiger charge is -2.21. The van der Waals surface area contributed by atoms with Crippen LogP contribution in [0.2, 0.25) is 0 Å². The highest BCUT2D eigenvalue weighted by Gasteiger charge is 2.31. The van der Waals surface area contributed by atoms with Gasteiger partial charge >= 0.3 is 12.0 Å². The van der Waals surface area contributed by atoms with E-state index in [1.807, 2.05) is 13.8 Å². The Hall–Kier alpha value is -1.79. The highest BCUT2D eigenvalue weighted by molar-refractivity contribution is 5.84. The highest BCUT2D eigenvalue weighted by Crippen LogP contribution is 2.16. The quantitative estimate of drug-likeness (QED) is 0.653. The van der Waals surface area contributed by atoms with E-state index in [0.29, 0.717) is 19.4 Å². The molecule has 0 aliphatic carbocycles. The molecule has 0 aromatic rings. The summed E-state index contributed by atoms with van der Waals surface area (Å²) in [6.45, 7) is 4.46. The van der Waals surface area contributed by atoms with Gasteiger partial charge < -0.3 is 21.1 Å². The number of carbonyl (C=O) groups excluding carboxylic acids is 2. The third-order valence-electron chi connectivity index (χ3n) is 3.18. The van der Waals surface area contributed by atoms with Crippen molar-refractivity contribution in [3.8, 4) is 0 Å². The maximum atomic E-state index is 11.9. The lowest BCUT2D eigenvalue weighted by atomic mass is 10.0. The Labute approximate surface area is 112 Å². The smallest absolute Gasteiger partial charge is 0.326 e. The van der Waals surface area contributed by atoms with Crippen LogP contribution in [-0.2, 0) is 9.59 Å². The van der Waals surface area contributed by atoms with Crippen LogP contribution in [0.3, 0.4) is 0 Å². The van der Waals surface area contributed by atoms with Gasteiger partial charge in [0, 0.05) is 13.1 Å². The first kappa shape index (κ1) is 15.3. The Bertz CT molecular complexity index is 370. The number of carbonyl (C=O) groups is 3. The van der Waals surface area contributed by atoms with Crippen LogP contribution >= 0.6 is 0 Å². The highest BCUT2D eigenvalue weighted by atomic mass is 16.4. The number of primary amides is 1. The fraction of sp³-hybridized carbons (Fsp3) is 0.750. The molecule has 0 radical (unpaired) electrons. The zero-order chi connectivity index (χ0) is 14.6. The minimum absolute atomic E-state index is 0.165. The summed E-state index contributed by atoms with van der Waals surface area (Å²) < 4.78 is 0. The molecule has 1 saturated heterocycles. The van der Waals surface area contributed by atoms with Crippen LogP contribution in [0, 0.1) is 11.8 Å². The van der Waals surface area contributed by atoms with Gasteiger partial charge in [0.15, 0.2) is 0 Å². The van der Waals surface area contributed by atoms with Crippen molar-refractivity contribution in [1.82, 2.24) is 10.2 Å². The lowest BCUT2D eigenvalue weighted by molar-refractivity contribution is -0.139. The molecule has 0 aromatic carbocycles. The molecule has 1 heterocycles. The molecule has 19 heavy (non-hydrogen) atoms. The summed E-state index contributed by atoms with van der Waals surface area (Å²) in [4.78, 5) is 35.4. The lowest BCUT2D eigenvalue weighted by Crippen LogP contribution is -2.48. The monoisotopic (exact) mass is 271 g/mol. The number of carboxylic acids is 1. The van der Waals surface area contributed by atoms with Gasteiger partial charge in [-0.1, -0.05) is 13.8 Å². The van der Waals surface area contributed by atoms with Crippen LogP contribution in [0.25, 0.3) is 0 Å². The zero-order valence-electron chi connectivity index (χ0n) is 11.3. The van der Waals surface area contributed by atoms with E-state index in [1.165, 1.54) is 4.90 Å². The largest absolute Gasteiger partial charge is 0.480 e. The predicted molar refractivity (Wildman–Crippen MR) is 68.3 cm³/mol. The predicted octanol–water partition coefficient (Wildman–Crippen LogP) is 0.00250. The van der Waals surface area contributed by atoms with Crippen molar-refractivity contribution >= 4 is 17.9 Å². The maximum absolute atomic E-state index is 11.9. The van der Waals surface area contributed by atoms with E-state index in [2.05, 4.69) is 5.32 Å². The van der Waals surface area contributed by atoms with Crippen LogP contribution < -0.4 is 11.1 Å². The van der Waals surface area contributed by atoms with Crippen LogP contribution in [0.4, 0.5) is 4.79 Å². The molecule has 0 spiro atoms. The summed E-state index contributed by atoms with van der Waals surface area (Å²) in [5, 5.41) is 11.5. The number of nitrogens with two attached hydrogens (primary N) is 1. The molecule has 0 saturated carbocycles. The molecule has 108 valence electrons. The van der Waals surface area contributed by atoms with Crippen LogP contribution in [0.1, 0.15) is 26.7 Å². The van der Waals surface area contributed by atoms with Gasteiger partial charge in [-0.3, -0.25) is 4.79 Å². The van der Waals surface area contributed by atoms with E-state index in [-0.39, 0.29) is 18.4 Å². The summed E-state index contributed by atoms with van der Waals surface area (Å²) in [7, 11) is 0. The summed E-state index contributed by atoms with van der Waals surface area (Å²) >= 11 is 0. The molecule has 1 rings (SSSR count).